The minimum Gasteiger partial charge on any atom is -0.100 e. The number of carbonyl (C=O) groups excluding carboxylic acids is 5. The number of carboxylic acid groups (broad SMARTS) is 1. The van der Waals surface area contributed by atoms with E-state index in [2.05, 4.69) is 30.4 Å². The zero-order valence-corrected chi connectivity index (χ0v) is 31.4. The van der Waals surface area contributed by atoms with Crippen LogP contribution in [-0.4, -0.2) is 87.0 Å². The molecule has 5 N–H and O–H groups in total. The number of aliphatic carboxylic acids is 1. The SMILES string of the molecule is [B][C@H]1CCC(CC(=O)C(N)CCC(=O)NC(CCC(=O)NC(CCCC(=O)O)C(=O)CC2CC[C@H]([B])C(=C)C2)C(=O)CC2CCC(=[B])C(=C)C2)CC1=C. The van der Waals surface area contributed by atoms with E-state index in [9.17, 15) is 28.8 Å². The second-order valence-electron chi connectivity index (χ2n) is 15.8. The van der Waals surface area contributed by atoms with Crippen molar-refractivity contribution in [2.45, 2.75) is 152 Å². The summed E-state index contributed by atoms with van der Waals surface area (Å²) in [4.78, 5) is 77.5. The zero-order chi connectivity index (χ0) is 39.2. The van der Waals surface area contributed by atoms with Crippen LogP contribution in [0, 0.1) is 17.8 Å². The second-order valence-corrected chi connectivity index (χ2v) is 15.8. The molecule has 3 fully saturated rings. The molecule has 0 spiro atoms. The molecule has 3 rings (SSSR count). The Balaban J connectivity index is 1.61. The van der Waals surface area contributed by atoms with Gasteiger partial charge >= 0.3 is 149 Å². The van der Waals surface area contributed by atoms with Gasteiger partial charge in [-0.25, -0.2) is 0 Å². The quantitative estimate of drug-likeness (QED) is 0.100. The Morgan fingerprint density at radius 3 is 1.64 bits per heavy atom. The van der Waals surface area contributed by atoms with Gasteiger partial charge in [0.2, 0.25) is 0 Å². The third-order valence-corrected chi connectivity index (χ3v) is 11.3. The molecular weight excluding hydrogens is 667 g/mol. The molecule has 6 unspecified atom stereocenters. The fourth-order valence-electron chi connectivity index (χ4n) is 7.76. The monoisotopic (exact) mass is 724 g/mol. The van der Waals surface area contributed by atoms with E-state index in [4.69, 9.17) is 34.0 Å². The Labute approximate surface area is 319 Å². The summed E-state index contributed by atoms with van der Waals surface area (Å²) in [5.74, 6) is -2.45. The molecule has 3 saturated carbocycles. The van der Waals surface area contributed by atoms with E-state index in [0.717, 1.165) is 47.9 Å². The largest absolute Gasteiger partial charge is 0.100 e. The smallest absolute Gasteiger partial charge is 0.0295 e. The summed E-state index contributed by atoms with van der Waals surface area (Å²) in [6.07, 6.45) is 7.05. The summed E-state index contributed by atoms with van der Waals surface area (Å²) in [7, 11) is 18.1. The first-order valence-electron chi connectivity index (χ1n) is 19.3. The molecule has 0 aliphatic heterocycles. The number of ketones is 3. The maximum atomic E-state index is 13.6. The molecule has 5 radical (unpaired) electrons. The number of amides is 2. The molecule has 0 aromatic rings. The van der Waals surface area contributed by atoms with Gasteiger partial charge in [0.05, 0.1) is 15.7 Å². The Morgan fingerprint density at radius 1 is 0.679 bits per heavy atom. The molecule has 0 aromatic heterocycles. The van der Waals surface area contributed by atoms with Gasteiger partial charge in [0.25, 0.3) is 0 Å². The van der Waals surface area contributed by atoms with Crippen LogP contribution in [0.5, 0.6) is 0 Å². The number of rotatable bonds is 21. The number of hydrogen-bond acceptors (Lipinski definition) is 7. The number of nitrogens with two attached hydrogens (primary N) is 1. The molecule has 53 heavy (non-hydrogen) atoms. The molecule has 0 aromatic carbocycles. The normalized spacial score (nSPS) is 25.2. The van der Waals surface area contributed by atoms with Crippen molar-refractivity contribution in [3.63, 3.8) is 0 Å². The van der Waals surface area contributed by atoms with Crippen molar-refractivity contribution >= 4 is 63.8 Å². The van der Waals surface area contributed by atoms with Gasteiger partial charge in [0.1, 0.15) is 5.78 Å². The van der Waals surface area contributed by atoms with Crippen molar-refractivity contribution in [2.24, 2.45) is 23.5 Å². The second kappa shape index (κ2) is 21.5. The number of Topliss-reactive ketones (excluding diaryl/α,β-unsaturated/α-hetero) is 3. The molecule has 8 atom stereocenters. The minimum atomic E-state index is -0.995. The van der Waals surface area contributed by atoms with Gasteiger partial charge in [-0.3, -0.25) is 14.4 Å². The van der Waals surface area contributed by atoms with E-state index in [0.29, 0.717) is 38.5 Å². The van der Waals surface area contributed by atoms with Crippen LogP contribution >= 0.6 is 0 Å². The van der Waals surface area contributed by atoms with Gasteiger partial charge in [-0.1, -0.05) is 35.6 Å². The molecule has 3 aliphatic rings. The van der Waals surface area contributed by atoms with Gasteiger partial charge in [-0.05, 0) is 50.4 Å². The van der Waals surface area contributed by atoms with Gasteiger partial charge in [-0.15, -0.1) is 13.2 Å². The van der Waals surface area contributed by atoms with Crippen molar-refractivity contribution in [1.29, 1.82) is 0 Å². The van der Waals surface area contributed by atoms with Gasteiger partial charge in [-0.2, -0.15) is 0 Å². The Kier molecular flexibility index (Phi) is 17.9. The third kappa shape index (κ3) is 15.1. The fraction of sp³-hybridized carbons (Fsp3) is 0.675. The standard InChI is InChI=1S/C40H57B3N3O7/c1-23-17-26(7-10-29(23)41)20-35(47)32(44)13-15-38(50)46-34(37(49)22-28-9-12-31(43)25(3)19-28)14-16-39(51)45-33(5-4-6-40(52)53)36(48)21-27-8-11-30(42)24(2)18-27/h26-30,32-34H,1-22,44H2,(H,45,51)(H,46,50)(H,52,53)/t26?,27?,28?,29-,30-,32?,33?,34?/m0/s1. The first-order chi connectivity index (χ1) is 25.0. The van der Waals surface area contributed by atoms with Crippen LogP contribution in [0.4, 0.5) is 0 Å². The van der Waals surface area contributed by atoms with Gasteiger partial charge in [0, 0.05) is 19.3 Å². The van der Waals surface area contributed by atoms with Crippen LogP contribution in [-0.2, 0) is 28.8 Å². The van der Waals surface area contributed by atoms with Crippen LogP contribution in [0.15, 0.2) is 36.5 Å². The molecule has 2 amide bonds. The average Bonchev–Trinajstić information content (AvgIpc) is 3.09. The predicted octanol–water partition coefficient (Wildman–Crippen LogP) is 4.30. The Morgan fingerprint density at radius 2 is 1.15 bits per heavy atom. The number of nitrogens with one attached hydrogen (secondary N) is 2. The van der Waals surface area contributed by atoms with Crippen molar-refractivity contribution < 1.29 is 33.9 Å². The van der Waals surface area contributed by atoms with Crippen molar-refractivity contribution in [2.75, 3.05) is 0 Å². The van der Waals surface area contributed by atoms with Crippen LogP contribution in [0.1, 0.15) is 122 Å². The van der Waals surface area contributed by atoms with Crippen molar-refractivity contribution in [1.82, 2.24) is 10.6 Å². The number of hydrogen-bond donors (Lipinski definition) is 4. The van der Waals surface area contributed by atoms with E-state index >= 15 is 0 Å². The molecule has 3 aliphatic carbocycles. The maximum Gasteiger partial charge on any atom is -0.0295 e. The molecule has 0 bridgehead atoms. The molecular formula is C40H57B3N3O7. The summed E-state index contributed by atoms with van der Waals surface area (Å²) in [6, 6.07) is -2.70. The first kappa shape index (κ1) is 44.1. The van der Waals surface area contributed by atoms with E-state index in [1.807, 2.05) is 0 Å². The van der Waals surface area contributed by atoms with Gasteiger partial charge < -0.3 is 10.8 Å². The topological polar surface area (TPSA) is 173 Å². The molecule has 0 saturated heterocycles. The Bertz CT molecular complexity index is 1430. The number of allylic oxidation sites excluding steroid dienone is 3. The van der Waals surface area contributed by atoms with Gasteiger partial charge in [0.15, 0.2) is 5.78 Å². The molecule has 13 heteroatoms. The van der Waals surface area contributed by atoms with Crippen molar-refractivity contribution in [3.8, 4) is 0 Å². The van der Waals surface area contributed by atoms with E-state index in [1.54, 1.807) is 0 Å². The maximum absolute atomic E-state index is 13.6. The predicted molar refractivity (Wildman–Crippen MR) is 210 cm³/mol. The van der Waals surface area contributed by atoms with Crippen molar-refractivity contribution in [3.05, 3.63) is 36.5 Å². The first-order valence-corrected chi connectivity index (χ1v) is 19.3. The molecule has 283 valence electrons. The number of carboxylic acids is 1. The average molecular weight is 724 g/mol. The third-order valence-electron chi connectivity index (χ3n) is 11.3. The summed E-state index contributed by atoms with van der Waals surface area (Å²) >= 11 is 0. The molecule has 0 heterocycles. The summed E-state index contributed by atoms with van der Waals surface area (Å²) in [5.41, 5.74) is 9.54. The number of carbonyl (C=O) groups is 6. The van der Waals surface area contributed by atoms with Crippen LogP contribution in [0.3, 0.4) is 0 Å². The van der Waals surface area contributed by atoms with E-state index < -0.39 is 35.9 Å². The summed E-state index contributed by atoms with van der Waals surface area (Å²) in [5, 5.41) is 14.7. The summed E-state index contributed by atoms with van der Waals surface area (Å²) < 4.78 is 0. The summed E-state index contributed by atoms with van der Waals surface area (Å²) in [6.45, 7) is 12.0. The molecule has 10 nitrogen and oxygen atoms in total. The van der Waals surface area contributed by atoms with Crippen LogP contribution in [0.2, 0.25) is 11.6 Å². The van der Waals surface area contributed by atoms with E-state index in [-0.39, 0.29) is 105 Å². The van der Waals surface area contributed by atoms with Crippen LogP contribution < -0.4 is 16.4 Å². The fourth-order valence-corrected chi connectivity index (χ4v) is 7.76. The minimum absolute atomic E-state index is 0.00588. The zero-order valence-electron chi connectivity index (χ0n) is 31.4. The Hall–Kier alpha value is -3.34. The van der Waals surface area contributed by atoms with Crippen LogP contribution in [0.25, 0.3) is 0 Å². The van der Waals surface area contributed by atoms with E-state index in [1.165, 1.54) is 0 Å².